The standard InChI is InChI=1S/C16H20F3NO2.C3H6O2/c1-2-11-22-15(9-7-14(20-21)8-10-15)12-3-5-13(6-4-12)16(17,18)19;1-2-3(4)5/h3-6,21H,2,7-11H2,1H3;2H2,1H3,(H,4,5). The van der Waals surface area contributed by atoms with Crippen molar-refractivity contribution in [2.75, 3.05) is 6.61 Å². The van der Waals surface area contributed by atoms with Gasteiger partial charge in [0.1, 0.15) is 0 Å². The molecule has 0 saturated heterocycles. The van der Waals surface area contributed by atoms with Crippen molar-refractivity contribution in [2.24, 2.45) is 5.16 Å². The van der Waals surface area contributed by atoms with Crippen molar-refractivity contribution in [3.8, 4) is 0 Å². The molecule has 1 aliphatic rings. The van der Waals surface area contributed by atoms with Gasteiger partial charge in [-0.25, -0.2) is 0 Å². The van der Waals surface area contributed by atoms with Crippen LogP contribution in [0.15, 0.2) is 29.4 Å². The molecular formula is C19H26F3NO4. The smallest absolute Gasteiger partial charge is 0.416 e. The van der Waals surface area contributed by atoms with Crippen LogP contribution in [0.5, 0.6) is 0 Å². The van der Waals surface area contributed by atoms with E-state index in [-0.39, 0.29) is 6.42 Å². The van der Waals surface area contributed by atoms with Crippen molar-refractivity contribution in [1.29, 1.82) is 0 Å². The SMILES string of the molecule is CCC(=O)O.CCCOC1(c2ccc(C(F)(F)F)cc2)CCC(=NO)CC1. The number of ether oxygens (including phenoxy) is 1. The third kappa shape index (κ3) is 6.86. The first kappa shape index (κ1) is 23.0. The zero-order valence-corrected chi connectivity index (χ0v) is 15.6. The molecule has 2 rings (SSSR count). The molecule has 152 valence electrons. The Morgan fingerprint density at radius 2 is 1.70 bits per heavy atom. The molecular weight excluding hydrogens is 363 g/mol. The van der Waals surface area contributed by atoms with Crippen LogP contribution < -0.4 is 0 Å². The minimum atomic E-state index is -4.33. The molecule has 2 N–H and O–H groups in total. The molecule has 0 aromatic heterocycles. The van der Waals surface area contributed by atoms with E-state index in [0.717, 1.165) is 24.1 Å². The predicted octanol–water partition coefficient (Wildman–Crippen LogP) is 5.21. The lowest BCUT2D eigenvalue weighted by Gasteiger charge is -2.38. The van der Waals surface area contributed by atoms with Crippen LogP contribution in [0, 0.1) is 0 Å². The van der Waals surface area contributed by atoms with Crippen molar-refractivity contribution < 1.29 is 33.0 Å². The molecule has 0 spiro atoms. The third-order valence-corrected chi connectivity index (χ3v) is 4.40. The minimum Gasteiger partial charge on any atom is -0.481 e. The van der Waals surface area contributed by atoms with Crippen molar-refractivity contribution in [3.05, 3.63) is 35.4 Å². The van der Waals surface area contributed by atoms with Gasteiger partial charge in [-0.2, -0.15) is 13.2 Å². The van der Waals surface area contributed by atoms with Crippen LogP contribution in [-0.4, -0.2) is 28.6 Å². The lowest BCUT2D eigenvalue weighted by atomic mass is 9.78. The summed E-state index contributed by atoms with van der Waals surface area (Å²) in [6.45, 7) is 4.14. The molecule has 0 heterocycles. The summed E-state index contributed by atoms with van der Waals surface area (Å²) in [6.07, 6.45) is -0.888. The highest BCUT2D eigenvalue weighted by molar-refractivity contribution is 5.84. The molecule has 0 bridgehead atoms. The fourth-order valence-electron chi connectivity index (χ4n) is 2.82. The van der Waals surface area contributed by atoms with Crippen LogP contribution in [-0.2, 0) is 21.3 Å². The Balaban J connectivity index is 0.000000646. The van der Waals surface area contributed by atoms with Gasteiger partial charge in [0.25, 0.3) is 0 Å². The average molecular weight is 389 g/mol. The Morgan fingerprint density at radius 3 is 2.07 bits per heavy atom. The number of aliphatic carboxylic acids is 1. The first-order valence-electron chi connectivity index (χ1n) is 8.91. The third-order valence-electron chi connectivity index (χ3n) is 4.40. The van der Waals surface area contributed by atoms with E-state index in [4.69, 9.17) is 15.1 Å². The van der Waals surface area contributed by atoms with Gasteiger partial charge in [-0.05, 0) is 49.8 Å². The monoisotopic (exact) mass is 389 g/mol. The van der Waals surface area contributed by atoms with Crippen molar-refractivity contribution >= 4 is 11.7 Å². The zero-order chi connectivity index (χ0) is 20.5. The number of carboxylic acids is 1. The Bertz CT molecular complexity index is 617. The maximum absolute atomic E-state index is 12.7. The first-order valence-corrected chi connectivity index (χ1v) is 8.91. The second-order valence-electron chi connectivity index (χ2n) is 6.33. The van der Waals surface area contributed by atoms with Gasteiger partial charge in [-0.1, -0.05) is 31.1 Å². The van der Waals surface area contributed by atoms with Crippen LogP contribution in [0.1, 0.15) is 63.5 Å². The van der Waals surface area contributed by atoms with Crippen molar-refractivity contribution in [2.45, 2.75) is 64.1 Å². The highest BCUT2D eigenvalue weighted by atomic mass is 19.4. The summed E-state index contributed by atoms with van der Waals surface area (Å²) in [5.41, 5.74) is 0.220. The number of carbonyl (C=O) groups is 1. The molecule has 0 atom stereocenters. The molecule has 0 radical (unpaired) electrons. The molecule has 0 unspecified atom stereocenters. The number of halogens is 3. The largest absolute Gasteiger partial charge is 0.481 e. The van der Waals surface area contributed by atoms with E-state index in [9.17, 15) is 18.0 Å². The number of carboxylic acid groups (broad SMARTS) is 1. The second kappa shape index (κ2) is 10.3. The summed E-state index contributed by atoms with van der Waals surface area (Å²) < 4.78 is 44.1. The van der Waals surface area contributed by atoms with Gasteiger partial charge < -0.3 is 15.1 Å². The van der Waals surface area contributed by atoms with Crippen molar-refractivity contribution in [1.82, 2.24) is 0 Å². The van der Waals surface area contributed by atoms with Crippen LogP contribution in [0.3, 0.4) is 0 Å². The molecule has 27 heavy (non-hydrogen) atoms. The van der Waals surface area contributed by atoms with Crippen LogP contribution in [0.2, 0.25) is 0 Å². The molecule has 1 fully saturated rings. The van der Waals surface area contributed by atoms with Gasteiger partial charge in [0.2, 0.25) is 0 Å². The lowest BCUT2D eigenvalue weighted by molar-refractivity contribution is -0.138. The number of rotatable bonds is 5. The summed E-state index contributed by atoms with van der Waals surface area (Å²) in [5.74, 6) is -0.745. The van der Waals surface area contributed by atoms with Gasteiger partial charge in [0.15, 0.2) is 0 Å². The Hall–Kier alpha value is -2.09. The van der Waals surface area contributed by atoms with Gasteiger partial charge in [-0.15, -0.1) is 0 Å². The summed E-state index contributed by atoms with van der Waals surface area (Å²) >= 11 is 0. The van der Waals surface area contributed by atoms with E-state index in [2.05, 4.69) is 5.16 Å². The maximum atomic E-state index is 12.7. The number of hydrogen-bond donors (Lipinski definition) is 2. The molecule has 1 aromatic carbocycles. The molecule has 1 aromatic rings. The van der Waals surface area contributed by atoms with Gasteiger partial charge in [-0.3, -0.25) is 4.79 Å². The number of oxime groups is 1. The quantitative estimate of drug-likeness (QED) is 0.535. The van der Waals surface area contributed by atoms with E-state index in [1.165, 1.54) is 12.1 Å². The number of benzene rings is 1. The Labute approximate surface area is 156 Å². The molecule has 8 heteroatoms. The first-order chi connectivity index (χ1) is 12.7. The molecule has 1 aliphatic carbocycles. The summed E-state index contributed by atoms with van der Waals surface area (Å²) in [5, 5.41) is 19.8. The zero-order valence-electron chi connectivity index (χ0n) is 15.6. The highest BCUT2D eigenvalue weighted by Crippen LogP contribution is 2.41. The minimum absolute atomic E-state index is 0.222. The number of hydrogen-bond acceptors (Lipinski definition) is 4. The predicted molar refractivity (Wildman–Crippen MR) is 95.0 cm³/mol. The Kier molecular flexibility index (Phi) is 8.75. The Morgan fingerprint density at radius 1 is 1.19 bits per heavy atom. The highest BCUT2D eigenvalue weighted by Gasteiger charge is 2.38. The summed E-state index contributed by atoms with van der Waals surface area (Å²) in [7, 11) is 0. The normalized spacial score (nSPS) is 19.8. The van der Waals surface area contributed by atoms with E-state index >= 15 is 0 Å². The van der Waals surface area contributed by atoms with E-state index < -0.39 is 23.3 Å². The van der Waals surface area contributed by atoms with E-state index in [0.29, 0.717) is 38.0 Å². The fourth-order valence-corrected chi connectivity index (χ4v) is 2.82. The van der Waals surface area contributed by atoms with Crippen LogP contribution in [0.25, 0.3) is 0 Å². The van der Waals surface area contributed by atoms with Crippen molar-refractivity contribution in [3.63, 3.8) is 0 Å². The topological polar surface area (TPSA) is 79.1 Å². The lowest BCUT2D eigenvalue weighted by Crippen LogP contribution is -2.35. The van der Waals surface area contributed by atoms with Gasteiger partial charge in [0.05, 0.1) is 16.9 Å². The number of nitrogens with zero attached hydrogens (tertiary/aromatic N) is 1. The summed E-state index contributed by atoms with van der Waals surface area (Å²) in [6, 6.07) is 5.20. The summed E-state index contributed by atoms with van der Waals surface area (Å²) in [4.78, 5) is 9.37. The number of alkyl halides is 3. The van der Waals surface area contributed by atoms with E-state index in [1.54, 1.807) is 6.92 Å². The van der Waals surface area contributed by atoms with Crippen LogP contribution >= 0.6 is 0 Å². The van der Waals surface area contributed by atoms with Crippen LogP contribution in [0.4, 0.5) is 13.2 Å². The molecule has 0 aliphatic heterocycles. The second-order valence-corrected chi connectivity index (χ2v) is 6.33. The van der Waals surface area contributed by atoms with E-state index in [1.807, 2.05) is 6.92 Å². The maximum Gasteiger partial charge on any atom is 0.416 e. The average Bonchev–Trinajstić information content (AvgIpc) is 2.66. The molecule has 5 nitrogen and oxygen atoms in total. The molecule has 0 amide bonds. The van der Waals surface area contributed by atoms with Gasteiger partial charge in [0, 0.05) is 13.0 Å². The van der Waals surface area contributed by atoms with Gasteiger partial charge >= 0.3 is 12.1 Å². The molecule has 1 saturated carbocycles. The fraction of sp³-hybridized carbons (Fsp3) is 0.579.